The fraction of sp³-hybridized carbons (Fsp3) is 0.250. The molecule has 0 aromatic carbocycles. The lowest BCUT2D eigenvalue weighted by molar-refractivity contribution is 1.19. The second-order valence-corrected chi connectivity index (χ2v) is 2.69. The van der Waals surface area contributed by atoms with Crippen LogP contribution in [0.5, 0.6) is 0 Å². The second-order valence-electron chi connectivity index (χ2n) is 2.69. The lowest BCUT2D eigenvalue weighted by Crippen LogP contribution is -2.30. The highest BCUT2D eigenvalue weighted by Gasteiger charge is 2.06. The molecule has 0 aliphatic rings. The summed E-state index contributed by atoms with van der Waals surface area (Å²) >= 11 is 0. The van der Waals surface area contributed by atoms with E-state index in [1.807, 2.05) is 25.5 Å². The van der Waals surface area contributed by atoms with E-state index in [9.17, 15) is 0 Å². The Bertz CT molecular complexity index is 333. The maximum atomic E-state index is 5.27. The molecule has 6 heteroatoms. The Balaban J connectivity index is 2.88. The van der Waals surface area contributed by atoms with Gasteiger partial charge in [-0.2, -0.15) is 4.99 Å². The number of rotatable bonds is 1. The molecule has 0 saturated carbocycles. The summed E-state index contributed by atoms with van der Waals surface area (Å²) in [5.41, 5.74) is 11.5. The van der Waals surface area contributed by atoms with E-state index in [0.717, 1.165) is 5.69 Å². The first kappa shape index (κ1) is 10.1. The highest BCUT2D eigenvalue weighted by Crippen LogP contribution is 2.10. The number of aromatic nitrogens is 1. The average Bonchev–Trinajstić information content (AvgIpc) is 2.65. The van der Waals surface area contributed by atoms with Crippen molar-refractivity contribution in [1.82, 2.24) is 4.98 Å². The van der Waals surface area contributed by atoms with Crippen molar-refractivity contribution in [3.8, 4) is 0 Å². The number of nitrogens with two attached hydrogens (primary N) is 2. The van der Waals surface area contributed by atoms with Crippen molar-refractivity contribution in [2.24, 2.45) is 21.5 Å². The fourth-order valence-corrected chi connectivity index (χ4v) is 1.03. The maximum absolute atomic E-state index is 5.27. The van der Waals surface area contributed by atoms with E-state index in [4.69, 9.17) is 11.5 Å². The molecule has 0 unspecified atom stereocenters. The van der Waals surface area contributed by atoms with Gasteiger partial charge in [-0.15, -0.1) is 0 Å². The van der Waals surface area contributed by atoms with Crippen molar-refractivity contribution >= 4 is 17.6 Å². The number of guanidine groups is 2. The normalized spacial score (nSPS) is 11.1. The first-order valence-corrected chi connectivity index (χ1v) is 4.08. The molecule has 0 radical (unpaired) electrons. The maximum Gasteiger partial charge on any atom is 0.227 e. The topological polar surface area (TPSA) is 95.8 Å². The van der Waals surface area contributed by atoms with Crippen LogP contribution in [-0.2, 0) is 0 Å². The standard InChI is InChI=1S/C8H14N6/c1-11-8(13-7(9)10)14(2)6-3-4-12-5-6/h3-5,12H,1-2H3,(H4,9,10,11,13). The summed E-state index contributed by atoms with van der Waals surface area (Å²) in [5.74, 6) is 0.456. The molecule has 1 heterocycles. The van der Waals surface area contributed by atoms with Gasteiger partial charge in [-0.1, -0.05) is 0 Å². The summed E-state index contributed by atoms with van der Waals surface area (Å²) in [6.07, 6.45) is 3.64. The Hall–Kier alpha value is -1.98. The van der Waals surface area contributed by atoms with Crippen molar-refractivity contribution in [3.05, 3.63) is 18.5 Å². The Morgan fingerprint density at radius 3 is 2.64 bits per heavy atom. The quantitative estimate of drug-likeness (QED) is 0.423. The first-order chi connectivity index (χ1) is 6.65. The van der Waals surface area contributed by atoms with Crippen molar-refractivity contribution in [1.29, 1.82) is 0 Å². The van der Waals surface area contributed by atoms with Gasteiger partial charge in [0, 0.05) is 26.5 Å². The van der Waals surface area contributed by atoms with E-state index < -0.39 is 0 Å². The summed E-state index contributed by atoms with van der Waals surface area (Å²) in [7, 11) is 3.46. The number of aromatic amines is 1. The monoisotopic (exact) mass is 194 g/mol. The predicted octanol–water partition coefficient (Wildman–Crippen LogP) is -0.290. The third-order valence-electron chi connectivity index (χ3n) is 1.70. The van der Waals surface area contributed by atoms with Crippen LogP contribution in [0.2, 0.25) is 0 Å². The van der Waals surface area contributed by atoms with Gasteiger partial charge < -0.3 is 21.4 Å². The minimum atomic E-state index is -0.00649. The van der Waals surface area contributed by atoms with E-state index in [-0.39, 0.29) is 5.96 Å². The summed E-state index contributed by atoms with van der Waals surface area (Å²) in [4.78, 5) is 12.6. The largest absolute Gasteiger partial charge is 0.370 e. The van der Waals surface area contributed by atoms with Crippen LogP contribution in [0.3, 0.4) is 0 Å². The van der Waals surface area contributed by atoms with Crippen molar-refractivity contribution in [2.75, 3.05) is 19.0 Å². The Morgan fingerprint density at radius 1 is 1.50 bits per heavy atom. The van der Waals surface area contributed by atoms with E-state index in [2.05, 4.69) is 15.0 Å². The van der Waals surface area contributed by atoms with E-state index in [0.29, 0.717) is 5.96 Å². The van der Waals surface area contributed by atoms with Gasteiger partial charge in [-0.25, -0.2) is 0 Å². The molecule has 0 fully saturated rings. The summed E-state index contributed by atoms with van der Waals surface area (Å²) in [6, 6.07) is 1.90. The van der Waals surface area contributed by atoms with Gasteiger partial charge in [0.25, 0.3) is 0 Å². The zero-order chi connectivity index (χ0) is 10.6. The van der Waals surface area contributed by atoms with Gasteiger partial charge in [0.05, 0.1) is 5.69 Å². The van der Waals surface area contributed by atoms with Gasteiger partial charge >= 0.3 is 0 Å². The van der Waals surface area contributed by atoms with Crippen LogP contribution in [0.25, 0.3) is 0 Å². The zero-order valence-electron chi connectivity index (χ0n) is 8.23. The molecular weight excluding hydrogens is 180 g/mol. The zero-order valence-corrected chi connectivity index (χ0v) is 8.23. The fourth-order valence-electron chi connectivity index (χ4n) is 1.03. The molecule has 5 N–H and O–H groups in total. The number of H-pyrrole nitrogens is 1. The number of hydrogen-bond acceptors (Lipinski definition) is 1. The second kappa shape index (κ2) is 4.31. The molecule has 0 amide bonds. The number of nitrogens with one attached hydrogen (secondary N) is 1. The smallest absolute Gasteiger partial charge is 0.227 e. The van der Waals surface area contributed by atoms with Crippen LogP contribution in [0.1, 0.15) is 0 Å². The average molecular weight is 194 g/mol. The highest BCUT2D eigenvalue weighted by molar-refractivity contribution is 6.02. The summed E-state index contributed by atoms with van der Waals surface area (Å²) in [6.45, 7) is 0. The Morgan fingerprint density at radius 2 is 2.21 bits per heavy atom. The molecule has 6 nitrogen and oxygen atoms in total. The highest BCUT2D eigenvalue weighted by atomic mass is 15.3. The first-order valence-electron chi connectivity index (χ1n) is 4.08. The van der Waals surface area contributed by atoms with Crippen molar-refractivity contribution in [2.45, 2.75) is 0 Å². The SMILES string of the molecule is CN=C(N=C(N)N)N(C)c1cc[nH]c1. The lowest BCUT2D eigenvalue weighted by Gasteiger charge is -2.15. The third-order valence-corrected chi connectivity index (χ3v) is 1.70. The number of aliphatic imine (C=N–C) groups is 2. The number of anilines is 1. The molecule has 76 valence electrons. The van der Waals surface area contributed by atoms with Crippen molar-refractivity contribution in [3.63, 3.8) is 0 Å². The van der Waals surface area contributed by atoms with Gasteiger partial charge in [-0.05, 0) is 6.07 Å². The number of hydrogen-bond donors (Lipinski definition) is 3. The third kappa shape index (κ3) is 2.25. The van der Waals surface area contributed by atoms with Gasteiger partial charge in [0.15, 0.2) is 5.96 Å². The van der Waals surface area contributed by atoms with Gasteiger partial charge in [-0.3, -0.25) is 4.99 Å². The molecular formula is C8H14N6. The van der Waals surface area contributed by atoms with Gasteiger partial charge in [0.2, 0.25) is 5.96 Å². The Kier molecular flexibility index (Phi) is 3.11. The summed E-state index contributed by atoms with van der Waals surface area (Å²) < 4.78 is 0. The molecule has 0 bridgehead atoms. The molecule has 0 aliphatic heterocycles. The lowest BCUT2D eigenvalue weighted by atomic mass is 10.5. The van der Waals surface area contributed by atoms with Crippen molar-refractivity contribution < 1.29 is 0 Å². The van der Waals surface area contributed by atoms with Crippen LogP contribution >= 0.6 is 0 Å². The van der Waals surface area contributed by atoms with Gasteiger partial charge in [0.1, 0.15) is 0 Å². The van der Waals surface area contributed by atoms with E-state index in [1.54, 1.807) is 11.9 Å². The van der Waals surface area contributed by atoms with E-state index >= 15 is 0 Å². The molecule has 0 saturated heterocycles. The molecule has 1 aromatic heterocycles. The molecule has 0 aliphatic carbocycles. The molecule has 14 heavy (non-hydrogen) atoms. The van der Waals surface area contributed by atoms with Crippen LogP contribution in [-0.4, -0.2) is 31.0 Å². The minimum absolute atomic E-state index is 0.00649. The number of nitrogens with zero attached hydrogens (tertiary/aromatic N) is 3. The van der Waals surface area contributed by atoms with Crippen LogP contribution in [0.4, 0.5) is 5.69 Å². The molecule has 1 rings (SSSR count). The minimum Gasteiger partial charge on any atom is -0.370 e. The Labute approximate surface area is 82.3 Å². The van der Waals surface area contributed by atoms with Crippen LogP contribution < -0.4 is 16.4 Å². The summed E-state index contributed by atoms with van der Waals surface area (Å²) in [5, 5.41) is 0. The molecule has 1 aromatic rings. The van der Waals surface area contributed by atoms with Crippen LogP contribution in [0.15, 0.2) is 28.4 Å². The van der Waals surface area contributed by atoms with Crippen LogP contribution in [0, 0.1) is 0 Å². The van der Waals surface area contributed by atoms with E-state index in [1.165, 1.54) is 0 Å². The molecule has 0 atom stereocenters. The predicted molar refractivity (Wildman–Crippen MR) is 58.4 cm³/mol. The molecule has 0 spiro atoms.